The van der Waals surface area contributed by atoms with E-state index >= 15 is 0 Å². The Bertz CT molecular complexity index is 313. The Labute approximate surface area is 110 Å². The Balaban J connectivity index is 2.72. The van der Waals surface area contributed by atoms with Gasteiger partial charge in [0, 0.05) is 6.54 Å². The van der Waals surface area contributed by atoms with Crippen LogP contribution in [-0.2, 0) is 9.59 Å². The summed E-state index contributed by atoms with van der Waals surface area (Å²) < 4.78 is 0. The molecule has 1 N–H and O–H groups in total. The van der Waals surface area contributed by atoms with Crippen LogP contribution in [0.3, 0.4) is 0 Å². The van der Waals surface area contributed by atoms with Crippen molar-refractivity contribution in [2.24, 2.45) is 11.8 Å². The fraction of sp³-hybridized carbons (Fsp3) is 0.857. The van der Waals surface area contributed by atoms with Crippen molar-refractivity contribution in [3.63, 3.8) is 0 Å². The molecule has 1 saturated heterocycles. The normalized spacial score (nSPS) is 24.9. The fourth-order valence-corrected chi connectivity index (χ4v) is 2.22. The number of hydrogen-bond acceptors (Lipinski definition) is 2. The van der Waals surface area contributed by atoms with Crippen molar-refractivity contribution in [1.29, 1.82) is 0 Å². The molecule has 0 aromatic heterocycles. The highest BCUT2D eigenvalue weighted by Crippen LogP contribution is 2.17. The second-order valence-electron chi connectivity index (χ2n) is 6.08. The number of piperazine rings is 1. The van der Waals surface area contributed by atoms with Gasteiger partial charge in [-0.3, -0.25) is 9.59 Å². The molecule has 4 nitrogen and oxygen atoms in total. The second kappa shape index (κ2) is 6.21. The van der Waals surface area contributed by atoms with Gasteiger partial charge in [0.2, 0.25) is 11.8 Å². The summed E-state index contributed by atoms with van der Waals surface area (Å²) >= 11 is 0. The van der Waals surface area contributed by atoms with Crippen LogP contribution in [0.15, 0.2) is 0 Å². The van der Waals surface area contributed by atoms with Gasteiger partial charge in [-0.25, -0.2) is 0 Å². The van der Waals surface area contributed by atoms with E-state index < -0.39 is 0 Å². The Morgan fingerprint density at radius 3 is 2.28 bits per heavy atom. The third-order valence-electron chi connectivity index (χ3n) is 3.40. The zero-order chi connectivity index (χ0) is 13.9. The molecule has 18 heavy (non-hydrogen) atoms. The predicted molar refractivity (Wildman–Crippen MR) is 72.0 cm³/mol. The van der Waals surface area contributed by atoms with Crippen molar-refractivity contribution in [3.8, 4) is 0 Å². The molecule has 104 valence electrons. The van der Waals surface area contributed by atoms with Gasteiger partial charge in [-0.2, -0.15) is 0 Å². The maximum Gasteiger partial charge on any atom is 0.245 e. The van der Waals surface area contributed by atoms with E-state index in [0.717, 1.165) is 12.8 Å². The Morgan fingerprint density at radius 1 is 1.17 bits per heavy atom. The average Bonchev–Trinajstić information content (AvgIpc) is 2.24. The first-order valence-corrected chi connectivity index (χ1v) is 6.93. The van der Waals surface area contributed by atoms with Crippen LogP contribution in [-0.4, -0.2) is 35.3 Å². The lowest BCUT2D eigenvalue weighted by Crippen LogP contribution is -2.62. The highest BCUT2D eigenvalue weighted by atomic mass is 16.2. The SMILES string of the molecule is CC(C)CCN1C(=O)C(CC(C)C)NC(=O)C1C. The molecule has 1 fully saturated rings. The van der Waals surface area contributed by atoms with E-state index in [4.69, 9.17) is 0 Å². The van der Waals surface area contributed by atoms with E-state index in [1.54, 1.807) is 11.8 Å². The van der Waals surface area contributed by atoms with Crippen LogP contribution in [0.5, 0.6) is 0 Å². The summed E-state index contributed by atoms with van der Waals surface area (Å²) in [5.41, 5.74) is 0. The van der Waals surface area contributed by atoms with Crippen molar-refractivity contribution in [2.45, 2.75) is 59.5 Å². The molecule has 0 radical (unpaired) electrons. The minimum Gasteiger partial charge on any atom is -0.343 e. The molecule has 1 aliphatic rings. The molecule has 0 aromatic rings. The molecule has 0 spiro atoms. The Morgan fingerprint density at radius 2 is 1.78 bits per heavy atom. The highest BCUT2D eigenvalue weighted by molar-refractivity contribution is 5.96. The number of amides is 2. The van der Waals surface area contributed by atoms with Crippen LogP contribution in [0.1, 0.15) is 47.5 Å². The second-order valence-corrected chi connectivity index (χ2v) is 6.08. The van der Waals surface area contributed by atoms with E-state index in [2.05, 4.69) is 33.0 Å². The Kier molecular flexibility index (Phi) is 5.17. The van der Waals surface area contributed by atoms with Crippen LogP contribution in [0.4, 0.5) is 0 Å². The van der Waals surface area contributed by atoms with Gasteiger partial charge in [-0.1, -0.05) is 27.7 Å². The molecular formula is C14H26N2O2. The molecule has 4 heteroatoms. The Hall–Kier alpha value is -1.06. The minimum absolute atomic E-state index is 0.0241. The van der Waals surface area contributed by atoms with Crippen LogP contribution < -0.4 is 5.32 Å². The third-order valence-corrected chi connectivity index (χ3v) is 3.40. The highest BCUT2D eigenvalue weighted by Gasteiger charge is 2.37. The zero-order valence-corrected chi connectivity index (χ0v) is 12.2. The monoisotopic (exact) mass is 254 g/mol. The van der Waals surface area contributed by atoms with Gasteiger partial charge in [0.15, 0.2) is 0 Å². The van der Waals surface area contributed by atoms with Crippen molar-refractivity contribution in [3.05, 3.63) is 0 Å². The summed E-state index contributed by atoms with van der Waals surface area (Å²) in [6, 6.07) is -0.666. The van der Waals surface area contributed by atoms with Crippen molar-refractivity contribution >= 4 is 11.8 Å². The van der Waals surface area contributed by atoms with E-state index in [9.17, 15) is 9.59 Å². The maximum absolute atomic E-state index is 12.3. The molecule has 0 bridgehead atoms. The number of nitrogens with one attached hydrogen (secondary N) is 1. The smallest absolute Gasteiger partial charge is 0.245 e. The summed E-state index contributed by atoms with van der Waals surface area (Å²) in [4.78, 5) is 26.0. The first-order valence-electron chi connectivity index (χ1n) is 6.93. The average molecular weight is 254 g/mol. The van der Waals surface area contributed by atoms with Crippen molar-refractivity contribution in [2.75, 3.05) is 6.54 Å². The first-order chi connectivity index (χ1) is 8.32. The molecule has 0 saturated carbocycles. The molecule has 1 heterocycles. The number of nitrogens with zero attached hydrogens (tertiary/aromatic N) is 1. The van der Waals surface area contributed by atoms with E-state index in [1.165, 1.54) is 0 Å². The molecule has 1 rings (SSSR count). The first kappa shape index (κ1) is 15.0. The molecule has 2 amide bonds. The van der Waals surface area contributed by atoms with Gasteiger partial charge in [0.1, 0.15) is 12.1 Å². The van der Waals surface area contributed by atoms with E-state index in [-0.39, 0.29) is 23.9 Å². The van der Waals surface area contributed by atoms with Crippen LogP contribution in [0.2, 0.25) is 0 Å². The summed E-state index contributed by atoms with van der Waals surface area (Å²) in [6.07, 6.45) is 1.66. The number of rotatable bonds is 5. The van der Waals surface area contributed by atoms with Gasteiger partial charge < -0.3 is 10.2 Å². The van der Waals surface area contributed by atoms with Gasteiger partial charge >= 0.3 is 0 Å². The summed E-state index contributed by atoms with van der Waals surface area (Å²) in [6.45, 7) is 10.9. The molecule has 2 atom stereocenters. The summed E-state index contributed by atoms with van der Waals surface area (Å²) in [5, 5.41) is 2.83. The van der Waals surface area contributed by atoms with Crippen LogP contribution >= 0.6 is 0 Å². The summed E-state index contributed by atoms with van der Waals surface area (Å²) in [5.74, 6) is 0.999. The van der Waals surface area contributed by atoms with Gasteiger partial charge in [-0.15, -0.1) is 0 Å². The molecule has 0 aliphatic carbocycles. The number of hydrogen-bond donors (Lipinski definition) is 1. The molecule has 1 aliphatic heterocycles. The number of carbonyl (C=O) groups excluding carboxylic acids is 2. The van der Waals surface area contributed by atoms with Crippen molar-refractivity contribution < 1.29 is 9.59 Å². The third kappa shape index (κ3) is 3.72. The number of carbonyl (C=O) groups is 2. The largest absolute Gasteiger partial charge is 0.343 e. The lowest BCUT2D eigenvalue weighted by molar-refractivity contribution is -0.149. The molecular weight excluding hydrogens is 228 g/mol. The van der Waals surface area contributed by atoms with Gasteiger partial charge in [0.25, 0.3) is 0 Å². The standard InChI is InChI=1S/C14H26N2O2/c1-9(2)6-7-16-11(5)13(17)15-12(14(16)18)8-10(3)4/h9-12H,6-8H2,1-5H3,(H,15,17). The fourth-order valence-electron chi connectivity index (χ4n) is 2.22. The minimum atomic E-state index is -0.334. The van der Waals surface area contributed by atoms with Gasteiger partial charge in [0.05, 0.1) is 0 Å². The van der Waals surface area contributed by atoms with Gasteiger partial charge in [-0.05, 0) is 31.6 Å². The molecule has 0 aromatic carbocycles. The van der Waals surface area contributed by atoms with Crippen LogP contribution in [0.25, 0.3) is 0 Å². The lowest BCUT2D eigenvalue weighted by atomic mass is 9.98. The lowest BCUT2D eigenvalue weighted by Gasteiger charge is -2.38. The quantitative estimate of drug-likeness (QED) is 0.813. The zero-order valence-electron chi connectivity index (χ0n) is 12.2. The van der Waals surface area contributed by atoms with E-state index in [1.807, 2.05) is 0 Å². The predicted octanol–water partition coefficient (Wildman–Crippen LogP) is 1.79. The topological polar surface area (TPSA) is 49.4 Å². The van der Waals surface area contributed by atoms with Crippen molar-refractivity contribution in [1.82, 2.24) is 10.2 Å². The van der Waals surface area contributed by atoms with Crippen LogP contribution in [0, 0.1) is 11.8 Å². The summed E-state index contributed by atoms with van der Waals surface area (Å²) in [7, 11) is 0. The maximum atomic E-state index is 12.3. The molecule has 2 unspecified atom stereocenters. The van der Waals surface area contributed by atoms with E-state index in [0.29, 0.717) is 18.4 Å².